The van der Waals surface area contributed by atoms with Crippen molar-refractivity contribution in [1.29, 1.82) is 0 Å². The quantitative estimate of drug-likeness (QED) is 0.787. The van der Waals surface area contributed by atoms with Crippen LogP contribution in [-0.2, 0) is 4.74 Å². The molecule has 0 unspecified atom stereocenters. The average molecular weight is 441 g/mol. The summed E-state index contributed by atoms with van der Waals surface area (Å²) in [4.78, 5) is 27.9. The fourth-order valence-corrected chi connectivity index (χ4v) is 3.87. The number of carbonyl (C=O) groups excluding carboxylic acids is 2. The third-order valence-electron chi connectivity index (χ3n) is 5.45. The standard InChI is InChI=1S/C19H22F3N5O4/c1-2-30-18(29)26-7-5-25(6-8-26)17(28)12-11-23-27-15(19(20,21)22)10-13(24-16(12)27)14-4-3-9-31-14/h3-4,9,11,13,15,24H,2,5-8,10H2,1H3/t13-,15-/m1/s1. The second kappa shape index (κ2) is 8.16. The van der Waals surface area contributed by atoms with Crippen LogP contribution in [0.15, 0.2) is 29.0 Å². The van der Waals surface area contributed by atoms with Gasteiger partial charge in [-0.3, -0.25) is 4.79 Å². The first-order valence-electron chi connectivity index (χ1n) is 9.94. The summed E-state index contributed by atoms with van der Waals surface area (Å²) >= 11 is 0. The van der Waals surface area contributed by atoms with Gasteiger partial charge in [-0.2, -0.15) is 18.3 Å². The second-order valence-electron chi connectivity index (χ2n) is 7.34. The minimum Gasteiger partial charge on any atom is -0.467 e. The van der Waals surface area contributed by atoms with E-state index in [9.17, 15) is 22.8 Å². The Labute approximate surface area is 175 Å². The van der Waals surface area contributed by atoms with Crippen LogP contribution in [0.5, 0.6) is 0 Å². The minimum absolute atomic E-state index is 0.00722. The molecule has 2 aromatic heterocycles. The molecule has 4 rings (SSSR count). The van der Waals surface area contributed by atoms with E-state index in [1.165, 1.54) is 16.1 Å². The van der Waals surface area contributed by atoms with E-state index in [4.69, 9.17) is 9.15 Å². The van der Waals surface area contributed by atoms with Gasteiger partial charge >= 0.3 is 12.3 Å². The number of rotatable bonds is 3. The van der Waals surface area contributed by atoms with Gasteiger partial charge in [0, 0.05) is 32.6 Å². The number of amides is 2. The Hall–Kier alpha value is -3.18. The smallest absolute Gasteiger partial charge is 0.410 e. The van der Waals surface area contributed by atoms with Crippen LogP contribution in [0.1, 0.15) is 41.5 Å². The topological polar surface area (TPSA) is 92.8 Å². The second-order valence-corrected chi connectivity index (χ2v) is 7.34. The first-order valence-corrected chi connectivity index (χ1v) is 9.94. The van der Waals surface area contributed by atoms with Gasteiger partial charge in [0.2, 0.25) is 0 Å². The van der Waals surface area contributed by atoms with Crippen molar-refractivity contribution in [3.63, 3.8) is 0 Å². The Kier molecular flexibility index (Phi) is 5.54. The van der Waals surface area contributed by atoms with Crippen molar-refractivity contribution < 1.29 is 31.9 Å². The van der Waals surface area contributed by atoms with Crippen LogP contribution in [0.25, 0.3) is 0 Å². The molecule has 9 nitrogen and oxygen atoms in total. The van der Waals surface area contributed by atoms with E-state index < -0.39 is 30.3 Å². The molecule has 12 heteroatoms. The maximum Gasteiger partial charge on any atom is 0.410 e. The third-order valence-corrected chi connectivity index (χ3v) is 5.45. The van der Waals surface area contributed by atoms with Gasteiger partial charge in [0.15, 0.2) is 6.04 Å². The highest BCUT2D eigenvalue weighted by atomic mass is 19.4. The van der Waals surface area contributed by atoms with Crippen LogP contribution in [0, 0.1) is 0 Å². The summed E-state index contributed by atoms with van der Waals surface area (Å²) in [6.07, 6.45) is -2.75. The summed E-state index contributed by atoms with van der Waals surface area (Å²) in [6.45, 7) is 3.00. The molecule has 0 aromatic carbocycles. The van der Waals surface area contributed by atoms with Crippen LogP contribution in [0.2, 0.25) is 0 Å². The molecule has 2 aliphatic heterocycles. The van der Waals surface area contributed by atoms with E-state index in [2.05, 4.69) is 10.4 Å². The molecule has 1 saturated heterocycles. The zero-order valence-electron chi connectivity index (χ0n) is 16.8. The number of ether oxygens (including phenoxy) is 1. The van der Waals surface area contributed by atoms with Crippen LogP contribution >= 0.6 is 0 Å². The summed E-state index contributed by atoms with van der Waals surface area (Å²) in [5, 5.41) is 6.86. The lowest BCUT2D eigenvalue weighted by atomic mass is 10.0. The summed E-state index contributed by atoms with van der Waals surface area (Å²) in [6, 6.07) is 0.549. The average Bonchev–Trinajstić information content (AvgIpc) is 3.42. The van der Waals surface area contributed by atoms with Crippen molar-refractivity contribution in [2.75, 3.05) is 38.1 Å². The van der Waals surface area contributed by atoms with Gasteiger partial charge in [-0.1, -0.05) is 0 Å². The van der Waals surface area contributed by atoms with E-state index in [1.54, 1.807) is 19.1 Å². The predicted molar refractivity (Wildman–Crippen MR) is 102 cm³/mol. The van der Waals surface area contributed by atoms with Gasteiger partial charge in [0.05, 0.1) is 25.1 Å². The maximum atomic E-state index is 13.7. The number of hydrogen-bond donors (Lipinski definition) is 1. The van der Waals surface area contributed by atoms with Gasteiger partial charge in [0.25, 0.3) is 5.91 Å². The number of piperazine rings is 1. The van der Waals surface area contributed by atoms with E-state index in [-0.39, 0.29) is 50.6 Å². The van der Waals surface area contributed by atoms with Crippen LogP contribution in [-0.4, -0.2) is 70.5 Å². The third kappa shape index (κ3) is 4.06. The van der Waals surface area contributed by atoms with Crippen molar-refractivity contribution in [3.05, 3.63) is 35.9 Å². The van der Waals surface area contributed by atoms with E-state index >= 15 is 0 Å². The Bertz CT molecular complexity index is 935. The number of furan rings is 1. The number of alkyl halides is 3. The molecule has 0 bridgehead atoms. The summed E-state index contributed by atoms with van der Waals surface area (Å²) in [5.41, 5.74) is 0.0510. The molecule has 2 atom stereocenters. The largest absolute Gasteiger partial charge is 0.467 e. The monoisotopic (exact) mass is 441 g/mol. The minimum atomic E-state index is -4.54. The number of nitrogens with one attached hydrogen (secondary N) is 1. The number of fused-ring (bicyclic) bond motifs is 1. The number of carbonyl (C=O) groups is 2. The van der Waals surface area contributed by atoms with Gasteiger partial charge in [-0.25, -0.2) is 9.48 Å². The summed E-state index contributed by atoms with van der Waals surface area (Å²) in [7, 11) is 0. The number of nitrogens with zero attached hydrogens (tertiary/aromatic N) is 4. The fourth-order valence-electron chi connectivity index (χ4n) is 3.87. The van der Waals surface area contributed by atoms with Crippen LogP contribution < -0.4 is 5.32 Å². The van der Waals surface area contributed by atoms with E-state index in [1.807, 2.05) is 0 Å². The Balaban J connectivity index is 1.55. The van der Waals surface area contributed by atoms with Crippen molar-refractivity contribution in [2.45, 2.75) is 31.6 Å². The molecule has 168 valence electrons. The van der Waals surface area contributed by atoms with Gasteiger partial charge < -0.3 is 24.3 Å². The summed E-state index contributed by atoms with van der Waals surface area (Å²) < 4.78 is 52.2. The summed E-state index contributed by atoms with van der Waals surface area (Å²) in [5.74, 6) is -0.0887. The number of hydrogen-bond acceptors (Lipinski definition) is 6. The van der Waals surface area contributed by atoms with Gasteiger partial charge in [-0.15, -0.1) is 0 Å². The SMILES string of the molecule is CCOC(=O)N1CCN(C(=O)c2cnn3c2N[C@@H](c2ccco2)C[C@@H]3C(F)(F)F)CC1. The molecule has 0 saturated carbocycles. The molecule has 1 fully saturated rings. The lowest BCUT2D eigenvalue weighted by Crippen LogP contribution is -2.50. The molecule has 0 spiro atoms. The van der Waals surface area contributed by atoms with E-state index in [0.717, 1.165) is 10.9 Å². The number of anilines is 1. The zero-order chi connectivity index (χ0) is 22.2. The van der Waals surface area contributed by atoms with Gasteiger partial charge in [0.1, 0.15) is 17.1 Å². The van der Waals surface area contributed by atoms with E-state index in [0.29, 0.717) is 5.76 Å². The van der Waals surface area contributed by atoms with Crippen LogP contribution in [0.3, 0.4) is 0 Å². The number of aromatic nitrogens is 2. The molecule has 2 aliphatic rings. The Morgan fingerprint density at radius 2 is 1.97 bits per heavy atom. The predicted octanol–water partition coefficient (Wildman–Crippen LogP) is 3.05. The molecule has 0 radical (unpaired) electrons. The Morgan fingerprint density at radius 1 is 1.26 bits per heavy atom. The zero-order valence-corrected chi connectivity index (χ0v) is 16.8. The van der Waals surface area contributed by atoms with Crippen molar-refractivity contribution in [1.82, 2.24) is 19.6 Å². The number of halogens is 3. The Morgan fingerprint density at radius 3 is 2.58 bits per heavy atom. The molecule has 31 heavy (non-hydrogen) atoms. The maximum absolute atomic E-state index is 13.7. The highest BCUT2D eigenvalue weighted by molar-refractivity contribution is 5.99. The normalized spacial score (nSPS) is 21.4. The first kappa shape index (κ1) is 21.1. The molecule has 0 aliphatic carbocycles. The van der Waals surface area contributed by atoms with Crippen molar-refractivity contribution in [2.24, 2.45) is 0 Å². The molecular weight excluding hydrogens is 419 g/mol. The molecule has 1 N–H and O–H groups in total. The van der Waals surface area contributed by atoms with Crippen molar-refractivity contribution in [3.8, 4) is 0 Å². The van der Waals surface area contributed by atoms with Crippen molar-refractivity contribution >= 4 is 17.8 Å². The lowest BCUT2D eigenvalue weighted by Gasteiger charge is -2.35. The lowest BCUT2D eigenvalue weighted by molar-refractivity contribution is -0.174. The fraction of sp³-hybridized carbons (Fsp3) is 0.526. The highest BCUT2D eigenvalue weighted by Gasteiger charge is 2.48. The molecular formula is C19H22F3N5O4. The molecule has 2 amide bonds. The molecule has 4 heterocycles. The first-order chi connectivity index (χ1) is 14.8. The highest BCUT2D eigenvalue weighted by Crippen LogP contribution is 2.44. The molecule has 2 aromatic rings. The van der Waals surface area contributed by atoms with Gasteiger partial charge in [-0.05, 0) is 19.1 Å². The van der Waals surface area contributed by atoms with Crippen LogP contribution in [0.4, 0.5) is 23.8 Å².